The number of hydrogen-bond donors (Lipinski definition) is 0. The third-order valence-corrected chi connectivity index (χ3v) is 5.41. The van der Waals surface area contributed by atoms with Crippen LogP contribution in [0, 0.1) is 6.92 Å². The van der Waals surface area contributed by atoms with Crippen molar-refractivity contribution in [2.24, 2.45) is 0 Å². The van der Waals surface area contributed by atoms with Gasteiger partial charge in [-0.25, -0.2) is 4.98 Å². The Balaban J connectivity index is 1.57. The zero-order chi connectivity index (χ0) is 19.8. The van der Waals surface area contributed by atoms with E-state index < -0.39 is 0 Å². The lowest BCUT2D eigenvalue weighted by Gasteiger charge is -2.38. The third-order valence-electron chi connectivity index (χ3n) is 5.41. The number of ether oxygens (including phenoxy) is 3. The van der Waals surface area contributed by atoms with Crippen LogP contribution in [0.2, 0.25) is 0 Å². The number of fused-ring (bicyclic) bond motifs is 1. The number of methoxy groups -OCH3 is 1. The van der Waals surface area contributed by atoms with Crippen LogP contribution in [-0.2, 0) is 11.3 Å². The van der Waals surface area contributed by atoms with Gasteiger partial charge in [-0.3, -0.25) is 9.69 Å². The number of carbonyl (C=O) groups is 1. The Hall–Kier alpha value is -2.74. The molecule has 150 valence electrons. The molecule has 1 amide bonds. The molecule has 1 aromatic heterocycles. The Bertz CT molecular complexity index is 894. The molecule has 0 radical (unpaired) electrons. The van der Waals surface area contributed by atoms with Crippen LogP contribution in [0.5, 0.6) is 17.2 Å². The molecule has 1 atom stereocenters. The summed E-state index contributed by atoms with van der Waals surface area (Å²) in [5, 5.41) is 0. The Morgan fingerprint density at radius 2 is 2.11 bits per heavy atom. The van der Waals surface area contributed by atoms with Crippen LogP contribution in [0.25, 0.3) is 11.5 Å². The first kappa shape index (κ1) is 18.6. The maximum absolute atomic E-state index is 12.4. The van der Waals surface area contributed by atoms with E-state index in [1.807, 2.05) is 37.8 Å². The van der Waals surface area contributed by atoms with Crippen molar-refractivity contribution in [3.63, 3.8) is 0 Å². The number of piperazine rings is 1. The maximum Gasteiger partial charge on any atom is 0.239 e. The molecule has 28 heavy (non-hydrogen) atoms. The Labute approximate surface area is 164 Å². The highest BCUT2D eigenvalue weighted by Gasteiger charge is 2.31. The largest absolute Gasteiger partial charge is 0.493 e. The second-order valence-corrected chi connectivity index (χ2v) is 7.00. The average molecular weight is 387 g/mol. The summed E-state index contributed by atoms with van der Waals surface area (Å²) >= 11 is 0. The highest BCUT2D eigenvalue weighted by molar-refractivity contribution is 5.82. The van der Waals surface area contributed by atoms with Crippen LogP contribution in [0.4, 0.5) is 0 Å². The SMILES string of the molecule is CCN1CCN(Cc2nc(-c3cc(OC)c4c(c3)OCO4)oc2C)[C@@H](C)C1=O. The van der Waals surface area contributed by atoms with Crippen LogP contribution in [0.15, 0.2) is 16.5 Å². The molecule has 0 saturated carbocycles. The summed E-state index contributed by atoms with van der Waals surface area (Å²) in [6, 6.07) is 3.50. The maximum atomic E-state index is 12.4. The molecular weight excluding hydrogens is 362 g/mol. The van der Waals surface area contributed by atoms with Gasteiger partial charge in [0.25, 0.3) is 0 Å². The van der Waals surface area contributed by atoms with Crippen molar-refractivity contribution in [1.29, 1.82) is 0 Å². The normalized spacial score (nSPS) is 19.4. The number of hydrogen-bond acceptors (Lipinski definition) is 7. The fourth-order valence-electron chi connectivity index (χ4n) is 3.65. The highest BCUT2D eigenvalue weighted by atomic mass is 16.7. The van der Waals surface area contributed by atoms with Crippen molar-refractivity contribution in [1.82, 2.24) is 14.8 Å². The van der Waals surface area contributed by atoms with Crippen LogP contribution < -0.4 is 14.2 Å². The van der Waals surface area contributed by atoms with Gasteiger partial charge < -0.3 is 23.5 Å². The van der Waals surface area contributed by atoms with Crippen LogP contribution in [0.1, 0.15) is 25.3 Å². The first-order valence-electron chi connectivity index (χ1n) is 9.49. The van der Waals surface area contributed by atoms with Gasteiger partial charge in [-0.2, -0.15) is 0 Å². The number of likely N-dealkylation sites (N-methyl/N-ethyl adjacent to an activating group) is 1. The van der Waals surface area contributed by atoms with Gasteiger partial charge >= 0.3 is 0 Å². The van der Waals surface area contributed by atoms with Crippen molar-refractivity contribution >= 4 is 5.91 Å². The lowest BCUT2D eigenvalue weighted by Crippen LogP contribution is -2.55. The van der Waals surface area contributed by atoms with E-state index in [0.29, 0.717) is 29.7 Å². The monoisotopic (exact) mass is 387 g/mol. The van der Waals surface area contributed by atoms with Crippen LogP contribution in [-0.4, -0.2) is 60.3 Å². The van der Waals surface area contributed by atoms with Crippen molar-refractivity contribution in [2.45, 2.75) is 33.4 Å². The summed E-state index contributed by atoms with van der Waals surface area (Å²) in [6.07, 6.45) is 0. The van der Waals surface area contributed by atoms with Crippen molar-refractivity contribution in [2.75, 3.05) is 33.5 Å². The second-order valence-electron chi connectivity index (χ2n) is 7.00. The summed E-state index contributed by atoms with van der Waals surface area (Å²) in [4.78, 5) is 21.2. The third kappa shape index (κ3) is 3.17. The van der Waals surface area contributed by atoms with E-state index in [9.17, 15) is 4.79 Å². The fourth-order valence-corrected chi connectivity index (χ4v) is 3.65. The molecule has 8 nitrogen and oxygen atoms in total. The number of aromatic nitrogens is 1. The van der Waals surface area contributed by atoms with Crippen molar-refractivity contribution in [3.05, 3.63) is 23.6 Å². The molecular formula is C20H25N3O5. The van der Waals surface area contributed by atoms with Gasteiger partial charge in [0.05, 0.1) is 18.8 Å². The molecule has 0 unspecified atom stereocenters. The van der Waals surface area contributed by atoms with Gasteiger partial charge in [0.1, 0.15) is 5.76 Å². The fraction of sp³-hybridized carbons (Fsp3) is 0.500. The molecule has 0 N–H and O–H groups in total. The molecule has 2 aromatic rings. The lowest BCUT2D eigenvalue weighted by molar-refractivity contribution is -0.141. The molecule has 4 rings (SSSR count). The Morgan fingerprint density at radius 1 is 1.29 bits per heavy atom. The number of carbonyl (C=O) groups excluding carboxylic acids is 1. The van der Waals surface area contributed by atoms with Gasteiger partial charge in [0.15, 0.2) is 11.5 Å². The number of aryl methyl sites for hydroxylation is 1. The highest BCUT2D eigenvalue weighted by Crippen LogP contribution is 2.44. The predicted molar refractivity (Wildman–Crippen MR) is 101 cm³/mol. The Kier molecular flexibility index (Phi) is 4.89. The van der Waals surface area contributed by atoms with E-state index in [0.717, 1.165) is 36.7 Å². The van der Waals surface area contributed by atoms with Gasteiger partial charge in [-0.1, -0.05) is 0 Å². The van der Waals surface area contributed by atoms with Gasteiger partial charge in [-0.15, -0.1) is 0 Å². The van der Waals surface area contributed by atoms with E-state index in [4.69, 9.17) is 18.6 Å². The topological polar surface area (TPSA) is 77.3 Å². The number of amides is 1. The van der Waals surface area contributed by atoms with Crippen molar-refractivity contribution in [3.8, 4) is 28.7 Å². The van der Waals surface area contributed by atoms with E-state index in [1.54, 1.807) is 7.11 Å². The lowest BCUT2D eigenvalue weighted by atomic mass is 10.1. The summed E-state index contributed by atoms with van der Waals surface area (Å²) in [6.45, 7) is 8.89. The minimum Gasteiger partial charge on any atom is -0.493 e. The molecule has 3 heterocycles. The van der Waals surface area contributed by atoms with Crippen LogP contribution >= 0.6 is 0 Å². The summed E-state index contributed by atoms with van der Waals surface area (Å²) in [5.41, 5.74) is 1.59. The van der Waals surface area contributed by atoms with E-state index in [2.05, 4.69) is 9.88 Å². The van der Waals surface area contributed by atoms with Crippen LogP contribution in [0.3, 0.4) is 0 Å². The molecule has 0 aliphatic carbocycles. The molecule has 2 aliphatic heterocycles. The number of rotatable bonds is 5. The molecule has 0 spiro atoms. The predicted octanol–water partition coefficient (Wildman–Crippen LogP) is 2.44. The molecule has 8 heteroatoms. The number of nitrogens with zero attached hydrogens (tertiary/aromatic N) is 3. The zero-order valence-electron chi connectivity index (χ0n) is 16.7. The molecule has 1 aromatic carbocycles. The summed E-state index contributed by atoms with van der Waals surface area (Å²) in [5.74, 6) is 3.19. The minimum absolute atomic E-state index is 0.163. The van der Waals surface area contributed by atoms with Crippen molar-refractivity contribution < 1.29 is 23.4 Å². The Morgan fingerprint density at radius 3 is 2.86 bits per heavy atom. The van der Waals surface area contributed by atoms with E-state index >= 15 is 0 Å². The average Bonchev–Trinajstić information content (AvgIpc) is 3.31. The first-order valence-corrected chi connectivity index (χ1v) is 9.49. The molecule has 1 saturated heterocycles. The van der Waals surface area contributed by atoms with Gasteiger partial charge in [-0.05, 0) is 32.9 Å². The first-order chi connectivity index (χ1) is 13.5. The van der Waals surface area contributed by atoms with Gasteiger partial charge in [0, 0.05) is 31.7 Å². The molecule has 1 fully saturated rings. The van der Waals surface area contributed by atoms with E-state index in [1.165, 1.54) is 0 Å². The molecule has 2 aliphatic rings. The number of benzene rings is 1. The smallest absolute Gasteiger partial charge is 0.239 e. The number of oxazole rings is 1. The quantitative estimate of drug-likeness (QED) is 0.780. The molecule has 0 bridgehead atoms. The zero-order valence-corrected chi connectivity index (χ0v) is 16.7. The summed E-state index contributed by atoms with van der Waals surface area (Å²) < 4.78 is 22.2. The van der Waals surface area contributed by atoms with Gasteiger partial charge in [0.2, 0.25) is 24.3 Å². The summed E-state index contributed by atoms with van der Waals surface area (Å²) in [7, 11) is 1.58. The standard InChI is InChI=1S/C20H25N3O5/c1-5-22-6-7-23(12(2)20(22)24)10-15-13(3)28-19(21-15)14-8-16(25-4)18-17(9-14)26-11-27-18/h8-9,12H,5-7,10-11H2,1-4H3/t12-/m0/s1. The minimum atomic E-state index is -0.168. The second kappa shape index (κ2) is 7.35. The van der Waals surface area contributed by atoms with E-state index in [-0.39, 0.29) is 18.7 Å².